The van der Waals surface area contributed by atoms with Crippen LogP contribution in [0.2, 0.25) is 5.02 Å². The number of benzene rings is 2. The number of carbonyl (C=O) groups excluding carboxylic acids is 3. The van der Waals surface area contributed by atoms with Gasteiger partial charge >= 0.3 is 6.03 Å². The van der Waals surface area contributed by atoms with Crippen molar-refractivity contribution in [2.45, 2.75) is 6.61 Å². The lowest BCUT2D eigenvalue weighted by Crippen LogP contribution is -2.51. The van der Waals surface area contributed by atoms with E-state index in [0.717, 1.165) is 5.56 Å². The van der Waals surface area contributed by atoms with Gasteiger partial charge in [-0.2, -0.15) is 0 Å². The summed E-state index contributed by atoms with van der Waals surface area (Å²) in [4.78, 5) is 34.8. The summed E-state index contributed by atoms with van der Waals surface area (Å²) in [5.41, 5.74) is 1.26. The lowest BCUT2D eigenvalue weighted by Gasteiger charge is -2.15. The second kappa shape index (κ2) is 7.19. The minimum absolute atomic E-state index is 0.168. The Labute approximate surface area is 148 Å². The predicted molar refractivity (Wildman–Crippen MR) is 91.9 cm³/mol. The Hall–Kier alpha value is -3.12. The third-order valence-corrected chi connectivity index (χ3v) is 3.68. The van der Waals surface area contributed by atoms with Crippen LogP contribution >= 0.6 is 11.6 Å². The molecule has 1 heterocycles. The number of amides is 4. The molecule has 1 aliphatic rings. The largest absolute Gasteiger partial charge is 0.488 e. The summed E-state index contributed by atoms with van der Waals surface area (Å²) in [5, 5.41) is 4.67. The lowest BCUT2D eigenvalue weighted by molar-refractivity contribution is -0.123. The van der Waals surface area contributed by atoms with Crippen molar-refractivity contribution in [2.75, 3.05) is 0 Å². The van der Waals surface area contributed by atoms with Gasteiger partial charge in [0.25, 0.3) is 11.8 Å². The van der Waals surface area contributed by atoms with Crippen LogP contribution in [-0.4, -0.2) is 17.8 Å². The molecule has 0 saturated carbocycles. The molecule has 0 bridgehead atoms. The van der Waals surface area contributed by atoms with E-state index in [1.807, 2.05) is 22.8 Å². The molecule has 2 aromatic carbocycles. The third kappa shape index (κ3) is 4.05. The predicted octanol–water partition coefficient (Wildman–Crippen LogP) is 2.67. The van der Waals surface area contributed by atoms with Crippen molar-refractivity contribution in [3.8, 4) is 5.75 Å². The Morgan fingerprint density at radius 2 is 1.68 bits per heavy atom. The summed E-state index contributed by atoms with van der Waals surface area (Å²) in [6.45, 7) is 0.275. The number of urea groups is 1. The van der Waals surface area contributed by atoms with Crippen molar-refractivity contribution in [1.29, 1.82) is 0 Å². The molecule has 126 valence electrons. The van der Waals surface area contributed by atoms with Gasteiger partial charge < -0.3 is 4.74 Å². The maximum Gasteiger partial charge on any atom is 0.328 e. The van der Waals surface area contributed by atoms with Crippen molar-refractivity contribution >= 4 is 35.5 Å². The standard InChI is InChI=1S/C18H13ClN2O4/c19-13-6-3-4-11(8-13)10-25-15-7-2-1-5-12(15)9-14-16(22)20-18(24)21-17(14)23/h1-9H,10H2,(H2,20,21,22,23,24). The average molecular weight is 357 g/mol. The van der Waals surface area contributed by atoms with Gasteiger partial charge in [-0.15, -0.1) is 0 Å². The molecule has 25 heavy (non-hydrogen) atoms. The summed E-state index contributed by atoms with van der Waals surface area (Å²) in [7, 11) is 0. The van der Waals surface area contributed by atoms with Crippen LogP contribution in [0.1, 0.15) is 11.1 Å². The number of halogens is 1. The Morgan fingerprint density at radius 1 is 0.960 bits per heavy atom. The van der Waals surface area contributed by atoms with E-state index < -0.39 is 17.8 Å². The second-order valence-corrected chi connectivity index (χ2v) is 5.69. The molecular weight excluding hydrogens is 344 g/mol. The van der Waals surface area contributed by atoms with E-state index >= 15 is 0 Å². The summed E-state index contributed by atoms with van der Waals surface area (Å²) >= 11 is 5.95. The fourth-order valence-corrected chi connectivity index (χ4v) is 2.49. The van der Waals surface area contributed by atoms with Gasteiger partial charge in [-0.05, 0) is 29.8 Å². The van der Waals surface area contributed by atoms with E-state index in [0.29, 0.717) is 16.3 Å². The van der Waals surface area contributed by atoms with Crippen molar-refractivity contribution in [2.24, 2.45) is 0 Å². The first-order valence-corrected chi connectivity index (χ1v) is 7.75. The number of ether oxygens (including phenoxy) is 1. The molecule has 0 radical (unpaired) electrons. The SMILES string of the molecule is O=C1NC(=O)C(=Cc2ccccc2OCc2cccc(Cl)c2)C(=O)N1. The Bertz CT molecular complexity index is 870. The van der Waals surface area contributed by atoms with E-state index in [1.165, 1.54) is 6.08 Å². The summed E-state index contributed by atoms with van der Waals surface area (Å²) in [5.74, 6) is -1.01. The van der Waals surface area contributed by atoms with Crippen molar-refractivity contribution in [3.63, 3.8) is 0 Å². The average Bonchev–Trinajstić information content (AvgIpc) is 2.57. The Kier molecular flexibility index (Phi) is 4.81. The molecule has 0 aliphatic carbocycles. The first kappa shape index (κ1) is 16.7. The molecule has 2 aromatic rings. The highest BCUT2D eigenvalue weighted by Crippen LogP contribution is 2.23. The number of hydrogen-bond donors (Lipinski definition) is 2. The molecule has 0 atom stereocenters. The zero-order valence-electron chi connectivity index (χ0n) is 12.9. The van der Waals surface area contributed by atoms with Crippen LogP contribution < -0.4 is 15.4 Å². The van der Waals surface area contributed by atoms with Gasteiger partial charge in [0.2, 0.25) is 0 Å². The van der Waals surface area contributed by atoms with Gasteiger partial charge in [-0.25, -0.2) is 4.79 Å². The van der Waals surface area contributed by atoms with E-state index in [1.54, 1.807) is 36.4 Å². The third-order valence-electron chi connectivity index (χ3n) is 3.45. The van der Waals surface area contributed by atoms with Gasteiger partial charge in [-0.1, -0.05) is 41.9 Å². The lowest BCUT2D eigenvalue weighted by atomic mass is 10.1. The number of imide groups is 2. The first-order valence-electron chi connectivity index (χ1n) is 7.37. The number of para-hydroxylation sites is 1. The second-order valence-electron chi connectivity index (χ2n) is 5.25. The summed E-state index contributed by atoms with van der Waals surface area (Å²) in [6, 6.07) is 13.4. The van der Waals surface area contributed by atoms with Crippen LogP contribution in [0.4, 0.5) is 4.79 Å². The number of rotatable bonds is 4. The number of carbonyl (C=O) groups is 3. The zero-order valence-corrected chi connectivity index (χ0v) is 13.7. The van der Waals surface area contributed by atoms with Gasteiger partial charge in [0.05, 0.1) is 0 Å². The molecule has 4 amide bonds. The molecule has 1 aliphatic heterocycles. The van der Waals surface area contributed by atoms with Crippen LogP contribution in [-0.2, 0) is 16.2 Å². The summed E-state index contributed by atoms with van der Waals surface area (Å²) in [6.07, 6.45) is 1.38. The molecule has 7 heteroatoms. The zero-order chi connectivity index (χ0) is 17.8. The smallest absolute Gasteiger partial charge is 0.328 e. The van der Waals surface area contributed by atoms with Crippen LogP contribution in [0, 0.1) is 0 Å². The number of nitrogens with one attached hydrogen (secondary N) is 2. The van der Waals surface area contributed by atoms with Crippen molar-refractivity contribution in [1.82, 2.24) is 10.6 Å². The van der Waals surface area contributed by atoms with Crippen molar-refractivity contribution in [3.05, 3.63) is 70.3 Å². The quantitative estimate of drug-likeness (QED) is 0.651. The molecule has 1 saturated heterocycles. The van der Waals surface area contributed by atoms with E-state index in [4.69, 9.17) is 16.3 Å². The Morgan fingerprint density at radius 3 is 2.40 bits per heavy atom. The normalized spacial score (nSPS) is 14.0. The van der Waals surface area contributed by atoms with Crippen LogP contribution in [0.5, 0.6) is 5.75 Å². The first-order chi connectivity index (χ1) is 12.0. The molecule has 6 nitrogen and oxygen atoms in total. The molecule has 0 unspecified atom stereocenters. The van der Waals surface area contributed by atoms with Crippen LogP contribution in [0.25, 0.3) is 6.08 Å². The van der Waals surface area contributed by atoms with Crippen molar-refractivity contribution < 1.29 is 19.1 Å². The van der Waals surface area contributed by atoms with E-state index in [9.17, 15) is 14.4 Å². The Balaban J connectivity index is 1.83. The highest BCUT2D eigenvalue weighted by atomic mass is 35.5. The maximum absolute atomic E-state index is 11.8. The molecular formula is C18H13ClN2O4. The van der Waals surface area contributed by atoms with Crippen LogP contribution in [0.3, 0.4) is 0 Å². The maximum atomic E-state index is 11.8. The topological polar surface area (TPSA) is 84.5 Å². The highest BCUT2D eigenvalue weighted by Gasteiger charge is 2.27. The van der Waals surface area contributed by atoms with Gasteiger partial charge in [0, 0.05) is 10.6 Å². The monoisotopic (exact) mass is 356 g/mol. The molecule has 2 N–H and O–H groups in total. The van der Waals surface area contributed by atoms with E-state index in [-0.39, 0.29) is 12.2 Å². The minimum Gasteiger partial charge on any atom is -0.488 e. The van der Waals surface area contributed by atoms with E-state index in [2.05, 4.69) is 0 Å². The fraction of sp³-hybridized carbons (Fsp3) is 0.0556. The van der Waals surface area contributed by atoms with Gasteiger partial charge in [0.15, 0.2) is 0 Å². The number of hydrogen-bond acceptors (Lipinski definition) is 4. The van der Waals surface area contributed by atoms with Gasteiger partial charge in [-0.3, -0.25) is 20.2 Å². The molecule has 1 fully saturated rings. The fourth-order valence-electron chi connectivity index (χ4n) is 2.28. The highest BCUT2D eigenvalue weighted by molar-refractivity contribution is 6.31. The van der Waals surface area contributed by atoms with Gasteiger partial charge in [0.1, 0.15) is 17.9 Å². The number of barbiturate groups is 1. The minimum atomic E-state index is -0.836. The molecule has 3 rings (SSSR count). The summed E-state index contributed by atoms with van der Waals surface area (Å²) < 4.78 is 5.78. The van der Waals surface area contributed by atoms with Crippen LogP contribution in [0.15, 0.2) is 54.1 Å². The molecule has 0 spiro atoms. The molecule has 0 aromatic heterocycles.